The number of aromatic hydroxyl groups is 2. The highest BCUT2D eigenvalue weighted by atomic mass is 16.5. The standard InChI is InChI=1S/C14H14O4/c1-7-4-9-5-10(18-3)6-11(16)13(9)14(17)12(7)8(2)15/h4-6,16-17H,1-3H3. The van der Waals surface area contributed by atoms with Gasteiger partial charge in [0.15, 0.2) is 5.78 Å². The summed E-state index contributed by atoms with van der Waals surface area (Å²) in [6, 6.07) is 4.85. The molecule has 94 valence electrons. The van der Waals surface area contributed by atoms with Gasteiger partial charge in [-0.1, -0.05) is 6.07 Å². The van der Waals surface area contributed by atoms with Crippen molar-refractivity contribution in [3.05, 3.63) is 29.3 Å². The summed E-state index contributed by atoms with van der Waals surface area (Å²) < 4.78 is 5.05. The summed E-state index contributed by atoms with van der Waals surface area (Å²) in [4.78, 5) is 11.5. The second-order valence-electron chi connectivity index (χ2n) is 4.22. The van der Waals surface area contributed by atoms with Crippen LogP contribution in [0, 0.1) is 6.92 Å². The number of phenols is 2. The van der Waals surface area contributed by atoms with Gasteiger partial charge in [-0.2, -0.15) is 0 Å². The summed E-state index contributed by atoms with van der Waals surface area (Å²) in [6.45, 7) is 3.13. The van der Waals surface area contributed by atoms with Gasteiger partial charge in [-0.15, -0.1) is 0 Å². The number of hydrogen-bond acceptors (Lipinski definition) is 4. The number of aryl methyl sites for hydroxylation is 1. The van der Waals surface area contributed by atoms with Crippen molar-refractivity contribution in [2.45, 2.75) is 13.8 Å². The van der Waals surface area contributed by atoms with Crippen molar-refractivity contribution in [2.24, 2.45) is 0 Å². The summed E-state index contributed by atoms with van der Waals surface area (Å²) in [5.41, 5.74) is 0.906. The van der Waals surface area contributed by atoms with E-state index >= 15 is 0 Å². The van der Waals surface area contributed by atoms with E-state index in [1.807, 2.05) is 0 Å². The third kappa shape index (κ3) is 1.76. The molecule has 2 N–H and O–H groups in total. The van der Waals surface area contributed by atoms with E-state index < -0.39 is 0 Å². The first-order valence-corrected chi connectivity index (χ1v) is 5.50. The minimum Gasteiger partial charge on any atom is -0.507 e. The van der Waals surface area contributed by atoms with E-state index in [1.54, 1.807) is 19.1 Å². The highest BCUT2D eigenvalue weighted by molar-refractivity contribution is 6.07. The molecule has 4 nitrogen and oxygen atoms in total. The van der Waals surface area contributed by atoms with Crippen LogP contribution in [0.2, 0.25) is 0 Å². The van der Waals surface area contributed by atoms with Crippen LogP contribution >= 0.6 is 0 Å². The molecule has 0 saturated heterocycles. The smallest absolute Gasteiger partial charge is 0.163 e. The van der Waals surface area contributed by atoms with Crippen molar-refractivity contribution in [1.82, 2.24) is 0 Å². The van der Waals surface area contributed by atoms with Gasteiger partial charge in [-0.25, -0.2) is 0 Å². The lowest BCUT2D eigenvalue weighted by Crippen LogP contribution is -1.98. The second kappa shape index (κ2) is 4.22. The maximum absolute atomic E-state index is 11.5. The zero-order valence-electron chi connectivity index (χ0n) is 10.4. The third-order valence-electron chi connectivity index (χ3n) is 2.95. The summed E-state index contributed by atoms with van der Waals surface area (Å²) in [6.07, 6.45) is 0. The van der Waals surface area contributed by atoms with Gasteiger partial charge in [0, 0.05) is 6.07 Å². The molecule has 2 aromatic carbocycles. The van der Waals surface area contributed by atoms with Gasteiger partial charge in [-0.05, 0) is 30.9 Å². The van der Waals surface area contributed by atoms with E-state index in [9.17, 15) is 15.0 Å². The summed E-state index contributed by atoms with van der Waals surface area (Å²) in [5.74, 6) is -0.0292. The quantitative estimate of drug-likeness (QED) is 0.799. The lowest BCUT2D eigenvalue weighted by molar-refractivity contribution is 0.101. The zero-order chi connectivity index (χ0) is 13.4. The Morgan fingerprint density at radius 1 is 1.22 bits per heavy atom. The second-order valence-corrected chi connectivity index (χ2v) is 4.22. The Bertz CT molecular complexity index is 644. The lowest BCUT2D eigenvalue weighted by Gasteiger charge is -2.12. The van der Waals surface area contributed by atoms with Gasteiger partial charge in [0.2, 0.25) is 0 Å². The van der Waals surface area contributed by atoms with Crippen LogP contribution in [0.1, 0.15) is 22.8 Å². The molecule has 0 bridgehead atoms. The van der Waals surface area contributed by atoms with Gasteiger partial charge < -0.3 is 14.9 Å². The molecular formula is C14H14O4. The summed E-state index contributed by atoms with van der Waals surface area (Å²) in [7, 11) is 1.50. The topological polar surface area (TPSA) is 66.8 Å². The third-order valence-corrected chi connectivity index (χ3v) is 2.95. The Labute approximate surface area is 104 Å². The van der Waals surface area contributed by atoms with E-state index in [1.165, 1.54) is 20.1 Å². The number of methoxy groups -OCH3 is 1. The number of ether oxygens (including phenoxy) is 1. The molecule has 4 heteroatoms. The molecule has 0 aliphatic carbocycles. The molecule has 0 aromatic heterocycles. The molecule has 2 aromatic rings. The van der Waals surface area contributed by atoms with Gasteiger partial charge in [0.25, 0.3) is 0 Å². The Morgan fingerprint density at radius 3 is 2.44 bits per heavy atom. The van der Waals surface area contributed by atoms with Crippen molar-refractivity contribution < 1.29 is 19.7 Å². The number of carbonyl (C=O) groups is 1. The van der Waals surface area contributed by atoms with Crippen LogP contribution in [-0.2, 0) is 0 Å². The number of Topliss-reactive ketones (excluding diaryl/α,β-unsaturated/α-hetero) is 1. The Hall–Kier alpha value is -2.23. The lowest BCUT2D eigenvalue weighted by atomic mass is 9.97. The number of phenolic OH excluding ortho intramolecular Hbond substituents is 2. The van der Waals surface area contributed by atoms with Crippen molar-refractivity contribution in [3.8, 4) is 17.2 Å². The number of hydrogen-bond donors (Lipinski definition) is 2. The number of benzene rings is 2. The van der Waals surface area contributed by atoms with E-state index in [4.69, 9.17) is 4.74 Å². The maximum atomic E-state index is 11.5. The highest BCUT2D eigenvalue weighted by Gasteiger charge is 2.17. The first-order chi connectivity index (χ1) is 8.45. The molecule has 0 unspecified atom stereocenters. The van der Waals surface area contributed by atoms with Crippen molar-refractivity contribution in [3.63, 3.8) is 0 Å². The van der Waals surface area contributed by atoms with Crippen molar-refractivity contribution >= 4 is 16.6 Å². The van der Waals surface area contributed by atoms with Crippen LogP contribution < -0.4 is 4.74 Å². The predicted octanol–water partition coefficient (Wildman–Crippen LogP) is 2.77. The number of carbonyl (C=O) groups excluding carboxylic acids is 1. The van der Waals surface area contributed by atoms with Gasteiger partial charge in [-0.3, -0.25) is 4.79 Å². The number of ketones is 1. The average molecular weight is 246 g/mol. The molecule has 0 atom stereocenters. The zero-order valence-corrected chi connectivity index (χ0v) is 10.4. The van der Waals surface area contributed by atoms with Crippen LogP contribution in [0.3, 0.4) is 0 Å². The molecule has 0 saturated carbocycles. The Morgan fingerprint density at radius 2 is 1.89 bits per heavy atom. The molecule has 0 aliphatic heterocycles. The molecule has 0 heterocycles. The number of fused-ring (bicyclic) bond motifs is 1. The molecule has 0 spiro atoms. The molecule has 0 aliphatic rings. The molecule has 18 heavy (non-hydrogen) atoms. The Balaban J connectivity index is 2.91. The highest BCUT2D eigenvalue weighted by Crippen LogP contribution is 2.39. The minimum absolute atomic E-state index is 0.107. The number of rotatable bonds is 2. The molecule has 2 rings (SSSR count). The largest absolute Gasteiger partial charge is 0.507 e. The van der Waals surface area contributed by atoms with Crippen LogP contribution in [-0.4, -0.2) is 23.1 Å². The van der Waals surface area contributed by atoms with Crippen LogP contribution in [0.15, 0.2) is 18.2 Å². The fraction of sp³-hybridized carbons (Fsp3) is 0.214. The Kier molecular flexibility index (Phi) is 2.87. The van der Waals surface area contributed by atoms with Gasteiger partial charge in [0.1, 0.15) is 17.2 Å². The maximum Gasteiger partial charge on any atom is 0.163 e. The fourth-order valence-corrected chi connectivity index (χ4v) is 2.17. The summed E-state index contributed by atoms with van der Waals surface area (Å²) in [5, 5.41) is 20.9. The van der Waals surface area contributed by atoms with E-state index in [0.717, 1.165) is 0 Å². The van der Waals surface area contributed by atoms with E-state index in [-0.39, 0.29) is 28.2 Å². The molecule has 0 fully saturated rings. The molecule has 0 radical (unpaired) electrons. The monoisotopic (exact) mass is 246 g/mol. The first kappa shape index (κ1) is 12.2. The molecular weight excluding hydrogens is 232 g/mol. The SMILES string of the molecule is COc1cc(O)c2c(O)c(C(C)=O)c(C)cc2c1. The van der Waals surface area contributed by atoms with Crippen LogP contribution in [0.4, 0.5) is 0 Å². The van der Waals surface area contributed by atoms with Crippen molar-refractivity contribution in [1.29, 1.82) is 0 Å². The fourth-order valence-electron chi connectivity index (χ4n) is 2.17. The minimum atomic E-state index is -0.234. The van der Waals surface area contributed by atoms with Crippen LogP contribution in [0.25, 0.3) is 10.8 Å². The summed E-state index contributed by atoms with van der Waals surface area (Å²) >= 11 is 0. The first-order valence-electron chi connectivity index (χ1n) is 5.50. The van der Waals surface area contributed by atoms with E-state index in [2.05, 4.69) is 0 Å². The van der Waals surface area contributed by atoms with Crippen LogP contribution in [0.5, 0.6) is 17.2 Å². The van der Waals surface area contributed by atoms with E-state index in [0.29, 0.717) is 16.7 Å². The normalized spacial score (nSPS) is 10.6. The molecule has 0 amide bonds. The average Bonchev–Trinajstić information content (AvgIpc) is 2.26. The predicted molar refractivity (Wildman–Crippen MR) is 68.6 cm³/mol. The van der Waals surface area contributed by atoms with Crippen molar-refractivity contribution in [2.75, 3.05) is 7.11 Å². The van der Waals surface area contributed by atoms with Gasteiger partial charge >= 0.3 is 0 Å². The van der Waals surface area contributed by atoms with Gasteiger partial charge in [0.05, 0.1) is 18.1 Å².